The van der Waals surface area contributed by atoms with Gasteiger partial charge in [0.05, 0.1) is 12.1 Å². The third-order valence-electron chi connectivity index (χ3n) is 3.32. The largest absolute Gasteiger partial charge is 0.480 e. The summed E-state index contributed by atoms with van der Waals surface area (Å²) >= 11 is 0. The lowest BCUT2D eigenvalue weighted by Gasteiger charge is -2.37. The molecule has 0 spiro atoms. The predicted octanol–water partition coefficient (Wildman–Crippen LogP) is 0.305. The third kappa shape index (κ3) is 4.80. The second-order valence-corrected chi connectivity index (χ2v) is 5.40. The van der Waals surface area contributed by atoms with E-state index in [1.165, 1.54) is 0 Å². The van der Waals surface area contributed by atoms with Gasteiger partial charge in [-0.05, 0) is 26.3 Å². The van der Waals surface area contributed by atoms with Crippen LogP contribution >= 0.6 is 0 Å². The standard InChI is InChI=1S/C13H26N2O4/c1-6-15(7-8-16)13(4,5)12(19)14-10(9(2)3)11(17)18/h9-10,16H,6-8H2,1-5H3,(H,14,19)(H,17,18). The molecule has 19 heavy (non-hydrogen) atoms. The van der Waals surface area contributed by atoms with Crippen LogP contribution in [0.2, 0.25) is 0 Å². The first-order valence-corrected chi connectivity index (χ1v) is 6.58. The fraction of sp³-hybridized carbons (Fsp3) is 0.846. The fourth-order valence-electron chi connectivity index (χ4n) is 1.93. The molecule has 1 amide bonds. The van der Waals surface area contributed by atoms with Crippen molar-refractivity contribution in [3.63, 3.8) is 0 Å². The summed E-state index contributed by atoms with van der Waals surface area (Å²) in [6.07, 6.45) is 0. The number of aliphatic hydroxyl groups is 1. The molecule has 0 saturated carbocycles. The molecule has 0 saturated heterocycles. The predicted molar refractivity (Wildman–Crippen MR) is 72.8 cm³/mol. The Hall–Kier alpha value is -1.14. The molecule has 6 heteroatoms. The molecule has 0 aliphatic carbocycles. The number of hydrogen-bond acceptors (Lipinski definition) is 4. The zero-order valence-corrected chi connectivity index (χ0v) is 12.4. The van der Waals surface area contributed by atoms with E-state index in [1.54, 1.807) is 27.7 Å². The van der Waals surface area contributed by atoms with Crippen molar-refractivity contribution in [3.8, 4) is 0 Å². The van der Waals surface area contributed by atoms with E-state index < -0.39 is 17.6 Å². The number of aliphatic carboxylic acids is 1. The monoisotopic (exact) mass is 274 g/mol. The third-order valence-corrected chi connectivity index (χ3v) is 3.32. The Balaban J connectivity index is 4.91. The Kier molecular flexibility index (Phi) is 7.00. The quantitative estimate of drug-likeness (QED) is 0.592. The van der Waals surface area contributed by atoms with Gasteiger partial charge >= 0.3 is 5.97 Å². The van der Waals surface area contributed by atoms with Gasteiger partial charge in [-0.3, -0.25) is 9.69 Å². The Bertz CT molecular complexity index is 316. The zero-order valence-electron chi connectivity index (χ0n) is 12.4. The number of β-amino-alcohol motifs (C(OH)–C–C–N with tert-alkyl or cyclic N) is 1. The van der Waals surface area contributed by atoms with Crippen LogP contribution in [0, 0.1) is 5.92 Å². The number of nitrogens with one attached hydrogen (secondary N) is 1. The van der Waals surface area contributed by atoms with E-state index >= 15 is 0 Å². The minimum absolute atomic E-state index is 0.0446. The molecule has 0 heterocycles. The van der Waals surface area contributed by atoms with E-state index in [0.717, 1.165) is 0 Å². The molecule has 0 rings (SSSR count). The van der Waals surface area contributed by atoms with Crippen LogP contribution in [0.25, 0.3) is 0 Å². The number of likely N-dealkylation sites (N-methyl/N-ethyl adjacent to an activating group) is 1. The lowest BCUT2D eigenvalue weighted by Crippen LogP contribution is -2.59. The van der Waals surface area contributed by atoms with Crippen LogP contribution < -0.4 is 5.32 Å². The molecule has 0 aromatic carbocycles. The first kappa shape index (κ1) is 17.9. The number of carboxylic acids is 1. The van der Waals surface area contributed by atoms with Crippen LogP contribution in [0.15, 0.2) is 0 Å². The topological polar surface area (TPSA) is 89.9 Å². The number of hydrogen-bond donors (Lipinski definition) is 3. The number of carbonyl (C=O) groups excluding carboxylic acids is 1. The van der Waals surface area contributed by atoms with Crippen LogP contribution in [-0.4, -0.2) is 58.3 Å². The summed E-state index contributed by atoms with van der Waals surface area (Å²) in [6, 6.07) is -0.903. The molecule has 1 unspecified atom stereocenters. The average molecular weight is 274 g/mol. The van der Waals surface area contributed by atoms with Crippen molar-refractivity contribution >= 4 is 11.9 Å². The second kappa shape index (κ2) is 7.45. The van der Waals surface area contributed by atoms with Crippen molar-refractivity contribution < 1.29 is 19.8 Å². The smallest absolute Gasteiger partial charge is 0.326 e. The van der Waals surface area contributed by atoms with Gasteiger partial charge in [-0.15, -0.1) is 0 Å². The maximum Gasteiger partial charge on any atom is 0.326 e. The van der Waals surface area contributed by atoms with Gasteiger partial charge < -0.3 is 15.5 Å². The molecular formula is C13H26N2O4. The number of carboxylic acid groups (broad SMARTS) is 1. The summed E-state index contributed by atoms with van der Waals surface area (Å²) in [6.45, 7) is 9.76. The molecule has 0 bridgehead atoms. The molecule has 0 fully saturated rings. The van der Waals surface area contributed by atoms with Crippen molar-refractivity contribution in [1.29, 1.82) is 0 Å². The van der Waals surface area contributed by atoms with Crippen molar-refractivity contribution in [2.24, 2.45) is 5.92 Å². The Morgan fingerprint density at radius 1 is 1.32 bits per heavy atom. The maximum atomic E-state index is 12.3. The normalized spacial score (nSPS) is 13.7. The Morgan fingerprint density at radius 2 is 1.84 bits per heavy atom. The molecule has 0 radical (unpaired) electrons. The van der Waals surface area contributed by atoms with Crippen LogP contribution in [0.3, 0.4) is 0 Å². The molecular weight excluding hydrogens is 248 g/mol. The molecule has 0 aliphatic rings. The van der Waals surface area contributed by atoms with Gasteiger partial charge in [-0.25, -0.2) is 4.79 Å². The van der Waals surface area contributed by atoms with E-state index in [1.807, 2.05) is 11.8 Å². The average Bonchev–Trinajstić information content (AvgIpc) is 2.31. The first-order valence-electron chi connectivity index (χ1n) is 6.58. The van der Waals surface area contributed by atoms with Crippen molar-refractivity contribution in [3.05, 3.63) is 0 Å². The van der Waals surface area contributed by atoms with Crippen LogP contribution in [0.4, 0.5) is 0 Å². The summed E-state index contributed by atoms with van der Waals surface area (Å²) in [4.78, 5) is 25.2. The molecule has 6 nitrogen and oxygen atoms in total. The van der Waals surface area contributed by atoms with E-state index in [4.69, 9.17) is 10.2 Å². The summed E-state index contributed by atoms with van der Waals surface area (Å²) in [5, 5.41) is 20.7. The maximum absolute atomic E-state index is 12.3. The van der Waals surface area contributed by atoms with E-state index in [-0.39, 0.29) is 18.4 Å². The molecule has 1 atom stereocenters. The Labute approximate surface area is 114 Å². The second-order valence-electron chi connectivity index (χ2n) is 5.40. The van der Waals surface area contributed by atoms with Crippen LogP contribution in [0.1, 0.15) is 34.6 Å². The highest BCUT2D eigenvalue weighted by Gasteiger charge is 2.36. The highest BCUT2D eigenvalue weighted by atomic mass is 16.4. The van der Waals surface area contributed by atoms with Gasteiger partial charge in [0.15, 0.2) is 0 Å². The SMILES string of the molecule is CCN(CCO)C(C)(C)C(=O)NC(C(=O)O)C(C)C. The lowest BCUT2D eigenvalue weighted by atomic mass is 9.98. The van der Waals surface area contributed by atoms with Gasteiger partial charge in [0.1, 0.15) is 6.04 Å². The minimum atomic E-state index is -1.04. The number of rotatable bonds is 8. The number of nitrogens with zero attached hydrogens (tertiary/aromatic N) is 1. The van der Waals surface area contributed by atoms with E-state index in [9.17, 15) is 9.59 Å². The van der Waals surface area contributed by atoms with Gasteiger partial charge in [0.25, 0.3) is 0 Å². The molecule has 112 valence electrons. The Morgan fingerprint density at radius 3 is 2.16 bits per heavy atom. The highest BCUT2D eigenvalue weighted by Crippen LogP contribution is 2.15. The van der Waals surface area contributed by atoms with Crippen molar-refractivity contribution in [2.75, 3.05) is 19.7 Å². The summed E-state index contributed by atoms with van der Waals surface area (Å²) < 4.78 is 0. The summed E-state index contributed by atoms with van der Waals surface area (Å²) in [5.74, 6) is -1.57. The zero-order chi connectivity index (χ0) is 15.2. The highest BCUT2D eigenvalue weighted by molar-refractivity contribution is 5.89. The van der Waals surface area contributed by atoms with Crippen molar-refractivity contribution in [2.45, 2.75) is 46.2 Å². The molecule has 0 aromatic rings. The first-order chi connectivity index (χ1) is 8.68. The van der Waals surface area contributed by atoms with Gasteiger partial charge in [-0.2, -0.15) is 0 Å². The number of amides is 1. The minimum Gasteiger partial charge on any atom is -0.480 e. The lowest BCUT2D eigenvalue weighted by molar-refractivity contribution is -0.145. The van der Waals surface area contributed by atoms with E-state index in [0.29, 0.717) is 13.1 Å². The van der Waals surface area contributed by atoms with Crippen LogP contribution in [-0.2, 0) is 9.59 Å². The molecule has 0 aliphatic heterocycles. The number of carbonyl (C=O) groups is 2. The van der Waals surface area contributed by atoms with Crippen molar-refractivity contribution in [1.82, 2.24) is 10.2 Å². The fourth-order valence-corrected chi connectivity index (χ4v) is 1.93. The number of aliphatic hydroxyl groups excluding tert-OH is 1. The van der Waals surface area contributed by atoms with Gasteiger partial charge in [0.2, 0.25) is 5.91 Å². The van der Waals surface area contributed by atoms with Crippen LogP contribution in [0.5, 0.6) is 0 Å². The summed E-state index contributed by atoms with van der Waals surface area (Å²) in [5.41, 5.74) is -0.861. The van der Waals surface area contributed by atoms with Gasteiger partial charge in [-0.1, -0.05) is 20.8 Å². The molecule has 0 aromatic heterocycles. The van der Waals surface area contributed by atoms with Gasteiger partial charge in [0, 0.05) is 6.54 Å². The van der Waals surface area contributed by atoms with E-state index in [2.05, 4.69) is 5.32 Å². The summed E-state index contributed by atoms with van der Waals surface area (Å²) in [7, 11) is 0. The molecule has 3 N–H and O–H groups in total.